The van der Waals surface area contributed by atoms with E-state index in [-0.39, 0.29) is 11.7 Å². The van der Waals surface area contributed by atoms with Gasteiger partial charge in [-0.05, 0) is 67.4 Å². The van der Waals surface area contributed by atoms with Crippen molar-refractivity contribution in [3.8, 4) is 5.75 Å². The quantitative estimate of drug-likeness (QED) is 0.320. The number of rotatable bonds is 7. The highest BCUT2D eigenvalue weighted by atomic mass is 79.9. The summed E-state index contributed by atoms with van der Waals surface area (Å²) in [5, 5.41) is 7.50. The van der Waals surface area contributed by atoms with Gasteiger partial charge >= 0.3 is 0 Å². The van der Waals surface area contributed by atoms with Crippen LogP contribution < -0.4 is 10.1 Å². The molecule has 33 heavy (non-hydrogen) atoms. The Hall–Kier alpha value is -3.45. The van der Waals surface area contributed by atoms with Gasteiger partial charge in [0, 0.05) is 10.0 Å². The molecule has 0 spiro atoms. The number of amides is 1. The Balaban J connectivity index is 1.46. The van der Waals surface area contributed by atoms with E-state index in [2.05, 4.69) is 26.3 Å². The highest BCUT2D eigenvalue weighted by molar-refractivity contribution is 9.10. The smallest absolute Gasteiger partial charge is 0.255 e. The lowest BCUT2D eigenvalue weighted by molar-refractivity contribution is 0.102. The second-order valence-corrected chi connectivity index (χ2v) is 8.65. The van der Waals surface area contributed by atoms with Gasteiger partial charge in [0.25, 0.3) is 5.91 Å². The van der Waals surface area contributed by atoms with Crippen molar-refractivity contribution in [3.05, 3.63) is 111 Å². The number of nitrogens with zero attached hydrogens (tertiary/aromatic N) is 2. The van der Waals surface area contributed by atoms with Crippen molar-refractivity contribution < 1.29 is 13.9 Å². The summed E-state index contributed by atoms with van der Waals surface area (Å²) >= 11 is 3.43. The van der Waals surface area contributed by atoms with Crippen LogP contribution in [-0.2, 0) is 13.2 Å². The Morgan fingerprint density at radius 2 is 1.79 bits per heavy atom. The minimum atomic E-state index is -0.286. The molecule has 0 saturated carbocycles. The van der Waals surface area contributed by atoms with E-state index in [9.17, 15) is 9.18 Å². The third-order valence-electron chi connectivity index (χ3n) is 5.23. The van der Waals surface area contributed by atoms with Crippen molar-refractivity contribution in [2.24, 2.45) is 0 Å². The SMILES string of the molecule is Cc1nn(Cc2cccc(F)c2)c(C)c1NC(=O)c1cccc(COc2cccc(Br)c2)c1. The number of carbonyl (C=O) groups is 1. The van der Waals surface area contributed by atoms with E-state index < -0.39 is 0 Å². The number of ether oxygens (including phenoxy) is 1. The number of nitrogens with one attached hydrogen (secondary N) is 1. The standard InChI is InChI=1S/C26H23BrFN3O2/c1-17-25(18(2)31(30-17)15-19-6-4-10-23(28)13-19)29-26(32)21-8-3-7-20(12-21)16-33-24-11-5-9-22(27)14-24/h3-14H,15-16H2,1-2H3,(H,29,32). The number of benzene rings is 3. The first-order valence-corrected chi connectivity index (χ1v) is 11.3. The Labute approximate surface area is 200 Å². The maximum absolute atomic E-state index is 13.5. The lowest BCUT2D eigenvalue weighted by Gasteiger charge is -2.10. The number of hydrogen-bond acceptors (Lipinski definition) is 3. The summed E-state index contributed by atoms with van der Waals surface area (Å²) in [5.74, 6) is 0.235. The van der Waals surface area contributed by atoms with Gasteiger partial charge in [-0.3, -0.25) is 9.48 Å². The molecule has 1 amide bonds. The van der Waals surface area contributed by atoms with E-state index in [0.717, 1.165) is 27.0 Å². The van der Waals surface area contributed by atoms with Crippen molar-refractivity contribution in [2.75, 3.05) is 5.32 Å². The topological polar surface area (TPSA) is 56.2 Å². The van der Waals surface area contributed by atoms with Gasteiger partial charge in [-0.1, -0.05) is 46.3 Å². The van der Waals surface area contributed by atoms with Crippen LogP contribution in [0.2, 0.25) is 0 Å². The van der Waals surface area contributed by atoms with Crippen molar-refractivity contribution in [2.45, 2.75) is 27.0 Å². The van der Waals surface area contributed by atoms with Crippen LogP contribution in [0.15, 0.2) is 77.3 Å². The molecule has 0 radical (unpaired) electrons. The molecule has 1 N–H and O–H groups in total. The van der Waals surface area contributed by atoms with Crippen molar-refractivity contribution in [1.82, 2.24) is 9.78 Å². The van der Waals surface area contributed by atoms with Crippen LogP contribution in [0.1, 0.15) is 32.9 Å². The number of hydrogen-bond donors (Lipinski definition) is 1. The Morgan fingerprint density at radius 1 is 1.03 bits per heavy atom. The summed E-state index contributed by atoms with van der Waals surface area (Å²) in [5.41, 5.74) is 4.38. The molecular formula is C26H23BrFN3O2. The molecular weight excluding hydrogens is 485 g/mol. The number of aromatic nitrogens is 2. The van der Waals surface area contributed by atoms with Crippen LogP contribution in [0, 0.1) is 19.7 Å². The first kappa shape index (κ1) is 22.7. The van der Waals surface area contributed by atoms with E-state index in [1.54, 1.807) is 16.8 Å². The van der Waals surface area contributed by atoms with Crippen LogP contribution in [0.5, 0.6) is 5.75 Å². The van der Waals surface area contributed by atoms with Crippen LogP contribution >= 0.6 is 15.9 Å². The van der Waals surface area contributed by atoms with Gasteiger partial charge in [0.05, 0.1) is 23.6 Å². The van der Waals surface area contributed by atoms with Crippen molar-refractivity contribution in [3.63, 3.8) is 0 Å². The fourth-order valence-electron chi connectivity index (χ4n) is 3.55. The first-order chi connectivity index (χ1) is 15.9. The molecule has 0 atom stereocenters. The highest BCUT2D eigenvalue weighted by Crippen LogP contribution is 2.22. The van der Waals surface area contributed by atoms with Crippen LogP contribution in [-0.4, -0.2) is 15.7 Å². The molecule has 168 valence electrons. The second-order valence-electron chi connectivity index (χ2n) is 7.73. The summed E-state index contributed by atoms with van der Waals surface area (Å²) < 4.78 is 22.1. The first-order valence-electron chi connectivity index (χ1n) is 10.5. The fraction of sp³-hybridized carbons (Fsp3) is 0.154. The number of aryl methyl sites for hydroxylation is 1. The summed E-state index contributed by atoms with van der Waals surface area (Å²) in [6, 6.07) is 21.4. The second kappa shape index (κ2) is 10.0. The zero-order valence-electron chi connectivity index (χ0n) is 18.3. The van der Waals surface area contributed by atoms with E-state index >= 15 is 0 Å². The Bertz CT molecular complexity index is 1300. The van der Waals surface area contributed by atoms with E-state index in [0.29, 0.717) is 30.1 Å². The summed E-state index contributed by atoms with van der Waals surface area (Å²) in [6.07, 6.45) is 0. The molecule has 0 aliphatic heterocycles. The lowest BCUT2D eigenvalue weighted by atomic mass is 10.1. The summed E-state index contributed by atoms with van der Waals surface area (Å²) in [7, 11) is 0. The summed E-state index contributed by atoms with van der Waals surface area (Å²) in [6.45, 7) is 4.49. The fourth-order valence-corrected chi connectivity index (χ4v) is 3.93. The zero-order valence-corrected chi connectivity index (χ0v) is 19.9. The third-order valence-corrected chi connectivity index (χ3v) is 5.73. The number of halogens is 2. The lowest BCUT2D eigenvalue weighted by Crippen LogP contribution is -2.14. The average molecular weight is 508 g/mol. The molecule has 0 bridgehead atoms. The number of carbonyl (C=O) groups excluding carboxylic acids is 1. The zero-order chi connectivity index (χ0) is 23.4. The molecule has 0 saturated heterocycles. The molecule has 4 rings (SSSR count). The van der Waals surface area contributed by atoms with E-state index in [1.165, 1.54) is 12.1 Å². The van der Waals surface area contributed by atoms with Crippen molar-refractivity contribution in [1.29, 1.82) is 0 Å². The highest BCUT2D eigenvalue weighted by Gasteiger charge is 2.16. The Kier molecular flexibility index (Phi) is 6.89. The van der Waals surface area contributed by atoms with Gasteiger partial charge in [-0.25, -0.2) is 4.39 Å². The van der Waals surface area contributed by atoms with Gasteiger partial charge in [0.15, 0.2) is 0 Å². The number of anilines is 1. The molecule has 0 unspecified atom stereocenters. The Morgan fingerprint density at radius 3 is 2.58 bits per heavy atom. The molecule has 0 aliphatic carbocycles. The van der Waals surface area contributed by atoms with Crippen LogP contribution in [0.3, 0.4) is 0 Å². The van der Waals surface area contributed by atoms with Gasteiger partial charge in [-0.15, -0.1) is 0 Å². The molecule has 0 fully saturated rings. The molecule has 0 aliphatic rings. The molecule has 5 nitrogen and oxygen atoms in total. The molecule has 3 aromatic carbocycles. The van der Waals surface area contributed by atoms with E-state index in [1.807, 2.05) is 62.4 Å². The minimum absolute atomic E-state index is 0.226. The van der Waals surface area contributed by atoms with Crippen molar-refractivity contribution >= 4 is 27.5 Å². The average Bonchev–Trinajstić information content (AvgIpc) is 3.05. The van der Waals surface area contributed by atoms with Gasteiger partial charge in [-0.2, -0.15) is 5.10 Å². The summed E-state index contributed by atoms with van der Waals surface area (Å²) in [4.78, 5) is 13.0. The minimum Gasteiger partial charge on any atom is -0.489 e. The third kappa shape index (κ3) is 5.68. The molecule has 7 heteroatoms. The largest absolute Gasteiger partial charge is 0.489 e. The van der Waals surface area contributed by atoms with Gasteiger partial charge in [0.2, 0.25) is 0 Å². The molecule has 1 heterocycles. The van der Waals surface area contributed by atoms with E-state index in [4.69, 9.17) is 4.74 Å². The van der Waals surface area contributed by atoms with Crippen LogP contribution in [0.4, 0.5) is 10.1 Å². The maximum Gasteiger partial charge on any atom is 0.255 e. The molecule has 1 aromatic heterocycles. The monoisotopic (exact) mass is 507 g/mol. The maximum atomic E-state index is 13.5. The van der Waals surface area contributed by atoms with Gasteiger partial charge < -0.3 is 10.1 Å². The predicted octanol–water partition coefficient (Wildman–Crippen LogP) is 6.28. The molecule has 4 aromatic rings. The predicted molar refractivity (Wildman–Crippen MR) is 130 cm³/mol. The van der Waals surface area contributed by atoms with Gasteiger partial charge in [0.1, 0.15) is 18.2 Å². The normalized spacial score (nSPS) is 10.8. The van der Waals surface area contributed by atoms with Crippen LogP contribution in [0.25, 0.3) is 0 Å².